The minimum Gasteiger partial charge on any atom is -0.302 e. The number of amides is 1. The molecule has 1 amide bonds. The van der Waals surface area contributed by atoms with Crippen LogP contribution in [0.1, 0.15) is 15.2 Å². The number of thiophene rings is 2. The average Bonchev–Trinajstić information content (AvgIpc) is 3.29. The Morgan fingerprint density at radius 1 is 1.30 bits per heavy atom. The zero-order chi connectivity index (χ0) is 19.3. The summed E-state index contributed by atoms with van der Waals surface area (Å²) in [5.41, 5.74) is 1.82. The van der Waals surface area contributed by atoms with Crippen LogP contribution in [0.3, 0.4) is 0 Å². The average molecular weight is 457 g/mol. The lowest BCUT2D eigenvalue weighted by Gasteiger charge is -2.00. The summed E-state index contributed by atoms with van der Waals surface area (Å²) in [5.74, 6) is -0.326. The third-order valence-corrected chi connectivity index (χ3v) is 7.32. The third kappa shape index (κ3) is 3.30. The number of aryl methyl sites for hydroxylation is 2. The molecule has 0 aliphatic carbocycles. The van der Waals surface area contributed by atoms with Crippen molar-refractivity contribution in [2.24, 2.45) is 7.05 Å². The van der Waals surface area contributed by atoms with Gasteiger partial charge >= 0.3 is 0 Å². The quantitative estimate of drug-likeness (QED) is 0.467. The molecule has 4 rings (SSSR count). The number of fused-ring (bicyclic) bond motifs is 1. The fourth-order valence-corrected chi connectivity index (χ4v) is 5.77. The first-order chi connectivity index (χ1) is 12.8. The van der Waals surface area contributed by atoms with Crippen LogP contribution in [-0.4, -0.2) is 20.4 Å². The lowest BCUT2D eigenvalue weighted by atomic mass is 10.2. The molecule has 0 saturated carbocycles. The highest BCUT2D eigenvalue weighted by atomic mass is 35.5. The number of nitrogens with one attached hydrogen (secondary N) is 1. The van der Waals surface area contributed by atoms with Crippen LogP contribution in [0.25, 0.3) is 21.5 Å². The molecule has 0 atom stereocenters. The number of anilines is 1. The van der Waals surface area contributed by atoms with Crippen molar-refractivity contribution in [1.82, 2.24) is 14.5 Å². The highest BCUT2D eigenvalue weighted by Crippen LogP contribution is 2.39. The summed E-state index contributed by atoms with van der Waals surface area (Å²) in [6, 6.07) is 1.74. The van der Waals surface area contributed by atoms with Crippen LogP contribution >= 0.6 is 57.2 Å². The Balaban J connectivity index is 1.65. The molecule has 27 heavy (non-hydrogen) atoms. The molecule has 11 heteroatoms. The second-order valence-electron chi connectivity index (χ2n) is 5.63. The normalized spacial score (nSPS) is 11.3. The molecule has 0 aromatic carbocycles. The molecule has 0 saturated heterocycles. The number of hydrogen-bond acceptors (Lipinski definition) is 7. The summed E-state index contributed by atoms with van der Waals surface area (Å²) in [7, 11) is 1.63. The van der Waals surface area contributed by atoms with Gasteiger partial charge < -0.3 is 4.57 Å². The molecule has 0 radical (unpaired) electrons. The maximum Gasteiger partial charge on any atom is 0.267 e. The van der Waals surface area contributed by atoms with Crippen LogP contribution in [0, 0.1) is 6.92 Å². The summed E-state index contributed by atoms with van der Waals surface area (Å²) in [5, 5.41) is 5.48. The zero-order valence-corrected chi connectivity index (χ0v) is 17.8. The van der Waals surface area contributed by atoms with E-state index in [0.29, 0.717) is 40.2 Å². The standard InChI is InChI=1S/C16H10Cl2N4O2S3/c1-6-10-14(19-5-22(2)15(10)24)27-11(6)13(23)21-16-20-8(4-25-16)7-3-9(17)26-12(7)18/h3-5H,1-2H3,(H,20,21,23). The summed E-state index contributed by atoms with van der Waals surface area (Å²) >= 11 is 15.9. The van der Waals surface area contributed by atoms with Crippen molar-refractivity contribution in [3.8, 4) is 11.3 Å². The van der Waals surface area contributed by atoms with Crippen molar-refractivity contribution >= 4 is 78.5 Å². The predicted octanol–water partition coefficient (Wildman–Crippen LogP) is 5.05. The van der Waals surface area contributed by atoms with Gasteiger partial charge in [0, 0.05) is 18.0 Å². The Kier molecular flexibility index (Phi) is 4.81. The van der Waals surface area contributed by atoms with Gasteiger partial charge in [-0.3, -0.25) is 14.9 Å². The number of halogens is 2. The van der Waals surface area contributed by atoms with Crippen LogP contribution in [0.2, 0.25) is 8.67 Å². The van der Waals surface area contributed by atoms with Gasteiger partial charge in [0.25, 0.3) is 11.5 Å². The molecule has 0 aliphatic rings. The summed E-state index contributed by atoms with van der Waals surface area (Å²) in [4.78, 5) is 34.6. The van der Waals surface area contributed by atoms with E-state index >= 15 is 0 Å². The fraction of sp³-hybridized carbons (Fsp3) is 0.125. The third-order valence-electron chi connectivity index (χ3n) is 3.87. The number of hydrogen-bond donors (Lipinski definition) is 1. The summed E-state index contributed by atoms with van der Waals surface area (Å²) in [6.07, 6.45) is 1.45. The predicted molar refractivity (Wildman–Crippen MR) is 113 cm³/mol. The van der Waals surface area contributed by atoms with E-state index in [1.165, 1.54) is 44.9 Å². The molecule has 138 valence electrons. The monoisotopic (exact) mass is 456 g/mol. The molecule has 0 aliphatic heterocycles. The minimum atomic E-state index is -0.326. The zero-order valence-electron chi connectivity index (χ0n) is 13.9. The van der Waals surface area contributed by atoms with Crippen LogP contribution in [0.15, 0.2) is 22.6 Å². The number of rotatable bonds is 3. The van der Waals surface area contributed by atoms with Gasteiger partial charge in [-0.25, -0.2) is 9.97 Å². The molecule has 4 heterocycles. The van der Waals surface area contributed by atoms with E-state index in [1.54, 1.807) is 25.4 Å². The number of carbonyl (C=O) groups is 1. The molecular formula is C16H10Cl2N4O2S3. The van der Waals surface area contributed by atoms with Crippen molar-refractivity contribution in [1.29, 1.82) is 0 Å². The Morgan fingerprint density at radius 3 is 2.78 bits per heavy atom. The smallest absolute Gasteiger partial charge is 0.267 e. The van der Waals surface area contributed by atoms with Crippen molar-refractivity contribution in [3.63, 3.8) is 0 Å². The van der Waals surface area contributed by atoms with Gasteiger partial charge in [0.15, 0.2) is 5.13 Å². The highest BCUT2D eigenvalue weighted by Gasteiger charge is 2.20. The minimum absolute atomic E-state index is 0.173. The Morgan fingerprint density at radius 2 is 2.07 bits per heavy atom. The number of carbonyl (C=O) groups excluding carboxylic acids is 1. The molecule has 0 fully saturated rings. The first kappa shape index (κ1) is 18.6. The Labute approximate surface area is 175 Å². The van der Waals surface area contributed by atoms with E-state index in [9.17, 15) is 9.59 Å². The van der Waals surface area contributed by atoms with Crippen LogP contribution in [-0.2, 0) is 7.05 Å². The molecule has 0 unspecified atom stereocenters. The van der Waals surface area contributed by atoms with Gasteiger partial charge in [-0.1, -0.05) is 23.2 Å². The molecule has 6 nitrogen and oxygen atoms in total. The molecule has 4 aromatic heterocycles. The number of nitrogens with zero attached hydrogens (tertiary/aromatic N) is 3. The molecule has 4 aromatic rings. The highest BCUT2D eigenvalue weighted by molar-refractivity contribution is 7.21. The van der Waals surface area contributed by atoms with Crippen molar-refractivity contribution < 1.29 is 4.79 Å². The number of aromatic nitrogens is 3. The molecule has 0 bridgehead atoms. The maximum absolute atomic E-state index is 12.7. The largest absolute Gasteiger partial charge is 0.302 e. The SMILES string of the molecule is Cc1c(C(=O)Nc2nc(-c3cc(Cl)sc3Cl)cs2)sc2ncn(C)c(=O)c12. The van der Waals surface area contributed by atoms with Crippen molar-refractivity contribution in [2.45, 2.75) is 6.92 Å². The van der Waals surface area contributed by atoms with E-state index in [0.717, 1.165) is 5.56 Å². The second-order valence-corrected chi connectivity index (χ2v) is 9.77. The van der Waals surface area contributed by atoms with E-state index in [2.05, 4.69) is 15.3 Å². The van der Waals surface area contributed by atoms with Gasteiger partial charge in [0.1, 0.15) is 9.17 Å². The van der Waals surface area contributed by atoms with Gasteiger partial charge in [-0.2, -0.15) is 0 Å². The van der Waals surface area contributed by atoms with Crippen molar-refractivity contribution in [2.75, 3.05) is 5.32 Å². The topological polar surface area (TPSA) is 76.9 Å². The Bertz CT molecular complexity index is 1250. The van der Waals surface area contributed by atoms with Gasteiger partial charge in [-0.05, 0) is 18.6 Å². The summed E-state index contributed by atoms with van der Waals surface area (Å²) < 4.78 is 2.51. The first-order valence-electron chi connectivity index (χ1n) is 7.52. The molecule has 1 N–H and O–H groups in total. The van der Waals surface area contributed by atoms with E-state index in [-0.39, 0.29) is 11.5 Å². The maximum atomic E-state index is 12.7. The van der Waals surface area contributed by atoms with Crippen LogP contribution in [0.5, 0.6) is 0 Å². The second kappa shape index (κ2) is 6.99. The summed E-state index contributed by atoms with van der Waals surface area (Å²) in [6.45, 7) is 1.75. The lowest BCUT2D eigenvalue weighted by Crippen LogP contribution is -2.17. The van der Waals surface area contributed by atoms with E-state index in [1.807, 2.05) is 0 Å². The molecular weight excluding hydrogens is 447 g/mol. The van der Waals surface area contributed by atoms with Gasteiger partial charge in [-0.15, -0.1) is 34.0 Å². The van der Waals surface area contributed by atoms with E-state index in [4.69, 9.17) is 23.2 Å². The molecule has 0 spiro atoms. The first-order valence-corrected chi connectivity index (χ1v) is 10.8. The fourth-order valence-electron chi connectivity index (χ4n) is 2.55. The van der Waals surface area contributed by atoms with Crippen LogP contribution in [0.4, 0.5) is 5.13 Å². The number of thiazole rings is 1. The van der Waals surface area contributed by atoms with E-state index < -0.39 is 0 Å². The van der Waals surface area contributed by atoms with Crippen LogP contribution < -0.4 is 10.9 Å². The Hall–Kier alpha value is -1.78. The van der Waals surface area contributed by atoms with Gasteiger partial charge in [0.2, 0.25) is 0 Å². The van der Waals surface area contributed by atoms with Gasteiger partial charge in [0.05, 0.1) is 26.6 Å². The lowest BCUT2D eigenvalue weighted by molar-refractivity contribution is 0.103. The van der Waals surface area contributed by atoms with Crippen molar-refractivity contribution in [3.05, 3.63) is 47.2 Å².